The highest BCUT2D eigenvalue weighted by atomic mass is 79.9. The maximum absolute atomic E-state index is 12.9. The van der Waals surface area contributed by atoms with Gasteiger partial charge in [-0.1, -0.05) is 36.7 Å². The number of carbonyl (C=O) groups excluding carboxylic acids is 1. The van der Waals surface area contributed by atoms with Crippen LogP contribution in [0.4, 0.5) is 5.69 Å². The number of nitrogens with zero attached hydrogens (tertiary/aromatic N) is 1. The molecule has 1 aromatic rings. The highest BCUT2D eigenvalue weighted by Crippen LogP contribution is 2.44. The van der Waals surface area contributed by atoms with Gasteiger partial charge < -0.3 is 0 Å². The number of nitro benzene ring substituents is 1. The summed E-state index contributed by atoms with van der Waals surface area (Å²) in [5, 5.41) is 10.7. The zero-order valence-electron chi connectivity index (χ0n) is 13.0. The number of alkyl halides is 1. The molecule has 0 amide bonds. The monoisotopic (exact) mass is 365 g/mol. The Kier molecular flexibility index (Phi) is 4.85. The average Bonchev–Trinajstić information content (AvgIpc) is 2.48. The Bertz CT molecular complexity index is 621. The van der Waals surface area contributed by atoms with Crippen LogP contribution in [0, 0.1) is 22.0 Å². The minimum absolute atomic E-state index is 0.0576. The lowest BCUT2D eigenvalue weighted by molar-refractivity contribution is -0.384. The average molecular weight is 366 g/mol. The van der Waals surface area contributed by atoms with Gasteiger partial charge in [0.1, 0.15) is 0 Å². The van der Waals surface area contributed by atoms with E-state index >= 15 is 0 Å². The van der Waals surface area contributed by atoms with E-state index in [-0.39, 0.29) is 23.3 Å². The molecule has 0 radical (unpaired) electrons. The Morgan fingerprint density at radius 1 is 1.36 bits per heavy atom. The molecule has 1 aliphatic rings. The molecule has 0 aliphatic heterocycles. The summed E-state index contributed by atoms with van der Waals surface area (Å²) in [6, 6.07) is 6.30. The fourth-order valence-corrected chi connectivity index (χ4v) is 3.25. The first-order valence-corrected chi connectivity index (χ1v) is 8.24. The Balaban J connectivity index is 2.35. The summed E-state index contributed by atoms with van der Waals surface area (Å²) in [4.78, 5) is 23.1. The third-order valence-corrected chi connectivity index (χ3v) is 6.13. The van der Waals surface area contributed by atoms with E-state index in [0.29, 0.717) is 0 Å². The number of carbonyl (C=O) groups is 1. The van der Waals surface area contributed by atoms with Crippen molar-refractivity contribution in [2.45, 2.75) is 37.9 Å². The summed E-state index contributed by atoms with van der Waals surface area (Å²) in [5.74, 6) is 0.555. The number of ketones is 1. The minimum atomic E-state index is -0.494. The van der Waals surface area contributed by atoms with Crippen molar-refractivity contribution in [2.24, 2.45) is 11.8 Å². The van der Waals surface area contributed by atoms with Gasteiger partial charge in [0.2, 0.25) is 0 Å². The van der Waals surface area contributed by atoms with Crippen LogP contribution in [0.25, 0.3) is 6.08 Å². The van der Waals surface area contributed by atoms with E-state index in [9.17, 15) is 14.9 Å². The maximum atomic E-state index is 12.9. The third-order valence-electron chi connectivity index (χ3n) is 4.45. The molecule has 0 aromatic heterocycles. The van der Waals surface area contributed by atoms with Crippen molar-refractivity contribution in [1.82, 2.24) is 0 Å². The lowest BCUT2D eigenvalue weighted by atomic mass is 9.73. The molecule has 0 saturated heterocycles. The summed E-state index contributed by atoms with van der Waals surface area (Å²) < 4.78 is -0.494. The largest absolute Gasteiger partial charge is 0.293 e. The van der Waals surface area contributed by atoms with Crippen molar-refractivity contribution >= 4 is 33.5 Å². The van der Waals surface area contributed by atoms with Gasteiger partial charge in [-0.2, -0.15) is 0 Å². The summed E-state index contributed by atoms with van der Waals surface area (Å²) in [6.07, 6.45) is 3.66. The molecule has 118 valence electrons. The highest BCUT2D eigenvalue weighted by molar-refractivity contribution is 9.10. The number of hydrogen-bond acceptors (Lipinski definition) is 3. The van der Waals surface area contributed by atoms with E-state index in [2.05, 4.69) is 22.9 Å². The first-order valence-electron chi connectivity index (χ1n) is 7.45. The summed E-state index contributed by atoms with van der Waals surface area (Å²) in [6.45, 7) is 6.15. The van der Waals surface area contributed by atoms with E-state index in [0.717, 1.165) is 24.0 Å². The number of hydrogen-bond donors (Lipinski definition) is 0. The number of benzene rings is 1. The van der Waals surface area contributed by atoms with Gasteiger partial charge in [0.25, 0.3) is 5.69 Å². The van der Waals surface area contributed by atoms with Gasteiger partial charge in [0.15, 0.2) is 5.78 Å². The first kappa shape index (κ1) is 16.9. The van der Waals surface area contributed by atoms with Crippen molar-refractivity contribution in [2.75, 3.05) is 0 Å². The number of halogens is 1. The van der Waals surface area contributed by atoms with E-state index in [1.165, 1.54) is 12.1 Å². The van der Waals surface area contributed by atoms with Crippen molar-refractivity contribution in [1.29, 1.82) is 0 Å². The van der Waals surface area contributed by atoms with Crippen molar-refractivity contribution in [3.63, 3.8) is 0 Å². The Morgan fingerprint density at radius 3 is 2.45 bits per heavy atom. The van der Waals surface area contributed by atoms with E-state index in [1.54, 1.807) is 12.1 Å². The molecule has 1 aliphatic carbocycles. The molecule has 2 atom stereocenters. The van der Waals surface area contributed by atoms with Gasteiger partial charge in [-0.3, -0.25) is 14.9 Å². The smallest absolute Gasteiger partial charge is 0.269 e. The molecule has 0 N–H and O–H groups in total. The van der Waals surface area contributed by atoms with Crippen LogP contribution < -0.4 is 0 Å². The molecule has 0 spiro atoms. The molecule has 1 aromatic carbocycles. The van der Waals surface area contributed by atoms with Crippen LogP contribution in [0.3, 0.4) is 0 Å². The predicted molar refractivity (Wildman–Crippen MR) is 91.0 cm³/mol. The molecular weight excluding hydrogens is 346 g/mol. The van der Waals surface area contributed by atoms with E-state index < -0.39 is 9.25 Å². The molecule has 0 bridgehead atoms. The van der Waals surface area contributed by atoms with Crippen LogP contribution in [0.1, 0.15) is 39.2 Å². The molecule has 0 heterocycles. The molecular formula is C17H20BrNO3. The van der Waals surface area contributed by atoms with Gasteiger partial charge in [0, 0.05) is 17.7 Å². The number of non-ortho nitro benzene ring substituents is 1. The van der Waals surface area contributed by atoms with Gasteiger partial charge >= 0.3 is 0 Å². The molecule has 5 heteroatoms. The predicted octanol–water partition coefficient (Wildman–Crippen LogP) is 4.77. The zero-order chi connectivity index (χ0) is 16.5. The normalized spacial score (nSPS) is 27.4. The third kappa shape index (κ3) is 3.14. The minimum Gasteiger partial charge on any atom is -0.293 e. The van der Waals surface area contributed by atoms with Gasteiger partial charge in [-0.05, 0) is 48.4 Å². The summed E-state index contributed by atoms with van der Waals surface area (Å²) >= 11 is 3.66. The number of allylic oxidation sites excluding steroid dienone is 1. The number of Topliss-reactive ketones (excluding diaryl/α,β-unsaturated/α-hetero) is 1. The lowest BCUT2D eigenvalue weighted by Gasteiger charge is -2.38. The van der Waals surface area contributed by atoms with Crippen LogP contribution in [0.5, 0.6) is 0 Å². The Morgan fingerprint density at radius 2 is 1.95 bits per heavy atom. The SMILES string of the molecule is CC1CCC(Br)(C(C)C)C(=O)/C1=C\c1ccc([N+](=O)[O-])cc1. The second-order valence-electron chi connectivity index (χ2n) is 6.23. The molecule has 1 saturated carbocycles. The lowest BCUT2D eigenvalue weighted by Crippen LogP contribution is -2.43. The number of rotatable bonds is 3. The zero-order valence-corrected chi connectivity index (χ0v) is 14.6. The molecule has 4 nitrogen and oxygen atoms in total. The van der Waals surface area contributed by atoms with Crippen molar-refractivity contribution in [3.8, 4) is 0 Å². The highest BCUT2D eigenvalue weighted by Gasteiger charge is 2.44. The van der Waals surface area contributed by atoms with Crippen LogP contribution >= 0.6 is 15.9 Å². The molecule has 22 heavy (non-hydrogen) atoms. The quantitative estimate of drug-likeness (QED) is 0.335. The fraction of sp³-hybridized carbons (Fsp3) is 0.471. The van der Waals surface area contributed by atoms with Crippen LogP contribution in [0.15, 0.2) is 29.8 Å². The summed E-state index contributed by atoms with van der Waals surface area (Å²) in [7, 11) is 0. The maximum Gasteiger partial charge on any atom is 0.269 e. The van der Waals surface area contributed by atoms with Crippen LogP contribution in [-0.4, -0.2) is 15.0 Å². The first-order chi connectivity index (χ1) is 10.3. The standard InChI is InChI=1S/C17H20BrNO3/c1-11(2)17(18)9-8-12(3)15(16(17)20)10-13-4-6-14(7-5-13)19(21)22/h4-7,10-12H,8-9H2,1-3H3/b15-10-. The van der Waals surface area contributed by atoms with Crippen molar-refractivity contribution < 1.29 is 9.72 Å². The Hall–Kier alpha value is -1.49. The van der Waals surface area contributed by atoms with Crippen molar-refractivity contribution in [3.05, 3.63) is 45.5 Å². The second-order valence-corrected chi connectivity index (χ2v) is 7.65. The van der Waals surface area contributed by atoms with E-state index in [4.69, 9.17) is 0 Å². The fourth-order valence-electron chi connectivity index (χ4n) is 2.79. The van der Waals surface area contributed by atoms with Gasteiger partial charge in [0.05, 0.1) is 9.25 Å². The topological polar surface area (TPSA) is 60.2 Å². The summed E-state index contributed by atoms with van der Waals surface area (Å²) in [5.41, 5.74) is 1.68. The van der Waals surface area contributed by atoms with Gasteiger partial charge in [-0.15, -0.1) is 0 Å². The van der Waals surface area contributed by atoms with Crippen LogP contribution in [0.2, 0.25) is 0 Å². The number of nitro groups is 1. The molecule has 2 unspecified atom stereocenters. The molecule has 2 rings (SSSR count). The second kappa shape index (κ2) is 6.32. The van der Waals surface area contributed by atoms with Gasteiger partial charge in [-0.25, -0.2) is 0 Å². The Labute approximate surface area is 138 Å². The van der Waals surface area contributed by atoms with Crippen LogP contribution in [-0.2, 0) is 4.79 Å². The molecule has 1 fully saturated rings. The van der Waals surface area contributed by atoms with E-state index in [1.807, 2.05) is 19.9 Å².